The van der Waals surface area contributed by atoms with Gasteiger partial charge in [0.25, 0.3) is 5.91 Å². The highest BCUT2D eigenvalue weighted by Crippen LogP contribution is 2.36. The molecule has 0 aliphatic heterocycles. The molecule has 4 aromatic rings. The van der Waals surface area contributed by atoms with Gasteiger partial charge in [0.1, 0.15) is 17.3 Å². The standard InChI is InChI=1S/C27H24BrCl2N5O4/c1-14-24(28)35-11-5-8-21(25(35)32-14)39-13-18-19(29)9-10-20(22(18)30)34(3)26(37)23(33-27(31)38)17-7-4-6-16(12-17)15(2)36/h4-12,23H,13H2,1-3H3,(H3,31,33,38). The molecule has 0 aliphatic carbocycles. The van der Waals surface area contributed by atoms with Gasteiger partial charge in [0, 0.05) is 29.4 Å². The third-order valence-corrected chi connectivity index (χ3v) is 7.84. The summed E-state index contributed by atoms with van der Waals surface area (Å²) in [6.07, 6.45) is 1.86. The Morgan fingerprint density at radius 1 is 1.18 bits per heavy atom. The van der Waals surface area contributed by atoms with Crippen LogP contribution >= 0.6 is 39.1 Å². The van der Waals surface area contributed by atoms with E-state index < -0.39 is 18.0 Å². The second kappa shape index (κ2) is 11.6. The Balaban J connectivity index is 1.64. The maximum Gasteiger partial charge on any atom is 0.313 e. The molecule has 2 aromatic heterocycles. The largest absolute Gasteiger partial charge is 0.485 e. The van der Waals surface area contributed by atoms with E-state index in [0.29, 0.717) is 38.8 Å². The first kappa shape index (κ1) is 28.4. The quantitative estimate of drug-likeness (QED) is 0.236. The van der Waals surface area contributed by atoms with Crippen molar-refractivity contribution in [2.45, 2.75) is 26.5 Å². The molecule has 0 saturated carbocycles. The summed E-state index contributed by atoms with van der Waals surface area (Å²) in [5, 5.41) is 3.00. The number of aromatic nitrogens is 2. The lowest BCUT2D eigenvalue weighted by Crippen LogP contribution is -2.43. The fraction of sp³-hybridized carbons (Fsp3) is 0.185. The molecule has 3 amide bonds. The summed E-state index contributed by atoms with van der Waals surface area (Å²) < 4.78 is 8.72. The van der Waals surface area contributed by atoms with Gasteiger partial charge in [-0.05, 0) is 65.7 Å². The van der Waals surface area contributed by atoms with Crippen LogP contribution in [-0.4, -0.2) is 34.2 Å². The van der Waals surface area contributed by atoms with Gasteiger partial charge in [-0.2, -0.15) is 0 Å². The number of pyridine rings is 1. The topological polar surface area (TPSA) is 119 Å². The third kappa shape index (κ3) is 5.88. The highest BCUT2D eigenvalue weighted by molar-refractivity contribution is 9.10. The van der Waals surface area contributed by atoms with Crippen molar-refractivity contribution in [1.29, 1.82) is 0 Å². The number of anilines is 1. The Morgan fingerprint density at radius 2 is 1.92 bits per heavy atom. The summed E-state index contributed by atoms with van der Waals surface area (Å²) in [6, 6.07) is 11.1. The van der Waals surface area contributed by atoms with E-state index in [0.717, 1.165) is 10.3 Å². The molecule has 1 atom stereocenters. The second-order valence-electron chi connectivity index (χ2n) is 8.72. The number of Topliss-reactive ketones (excluding diaryl/α,β-unsaturated/α-hetero) is 1. The van der Waals surface area contributed by atoms with Gasteiger partial charge >= 0.3 is 6.03 Å². The number of urea groups is 1. The summed E-state index contributed by atoms with van der Waals surface area (Å²) in [5.41, 5.74) is 8.35. The molecular weight excluding hydrogens is 609 g/mol. The zero-order valence-electron chi connectivity index (χ0n) is 21.2. The number of fused-ring (bicyclic) bond motifs is 1. The van der Waals surface area contributed by atoms with Crippen LogP contribution in [0.4, 0.5) is 10.5 Å². The molecule has 1 unspecified atom stereocenters. The number of imidazole rings is 1. The maximum absolute atomic E-state index is 13.6. The number of hydrogen-bond acceptors (Lipinski definition) is 5. The summed E-state index contributed by atoms with van der Waals surface area (Å²) in [4.78, 5) is 43.1. The van der Waals surface area contributed by atoms with Crippen LogP contribution in [0.25, 0.3) is 5.65 Å². The number of nitrogens with two attached hydrogens (primary N) is 1. The van der Waals surface area contributed by atoms with E-state index in [2.05, 4.69) is 26.2 Å². The molecule has 202 valence electrons. The zero-order valence-corrected chi connectivity index (χ0v) is 24.3. The van der Waals surface area contributed by atoms with Crippen molar-refractivity contribution in [1.82, 2.24) is 14.7 Å². The van der Waals surface area contributed by atoms with E-state index in [1.165, 1.54) is 24.9 Å². The van der Waals surface area contributed by atoms with Crippen molar-refractivity contribution >= 4 is 68.2 Å². The van der Waals surface area contributed by atoms with E-state index in [4.69, 9.17) is 33.7 Å². The third-order valence-electron chi connectivity index (χ3n) is 6.10. The van der Waals surface area contributed by atoms with Crippen LogP contribution < -0.4 is 20.7 Å². The molecule has 3 N–H and O–H groups in total. The molecule has 0 aliphatic rings. The lowest BCUT2D eigenvalue weighted by molar-refractivity contribution is -0.120. The number of primary amides is 1. The van der Waals surface area contributed by atoms with E-state index in [1.54, 1.807) is 36.4 Å². The van der Waals surface area contributed by atoms with Crippen LogP contribution in [0, 0.1) is 6.92 Å². The SMILES string of the molecule is CC(=O)c1cccc(C(NC(N)=O)C(=O)N(C)c2ccc(Cl)c(COc3cccn4c(Br)c(C)nc34)c2Cl)c1. The minimum atomic E-state index is -1.17. The van der Waals surface area contributed by atoms with Gasteiger partial charge in [-0.15, -0.1) is 0 Å². The predicted molar refractivity (Wildman–Crippen MR) is 154 cm³/mol. The number of halogens is 3. The van der Waals surface area contributed by atoms with Crippen molar-refractivity contribution in [2.75, 3.05) is 11.9 Å². The first-order valence-electron chi connectivity index (χ1n) is 11.7. The van der Waals surface area contributed by atoms with E-state index in [9.17, 15) is 14.4 Å². The van der Waals surface area contributed by atoms with Gasteiger partial charge < -0.3 is 20.7 Å². The van der Waals surface area contributed by atoms with Crippen molar-refractivity contribution in [3.63, 3.8) is 0 Å². The number of hydrogen-bond donors (Lipinski definition) is 2. The van der Waals surface area contributed by atoms with Crippen molar-refractivity contribution in [3.05, 3.63) is 91.8 Å². The number of likely N-dealkylation sites (N-methyl/N-ethyl adjacent to an activating group) is 1. The van der Waals surface area contributed by atoms with E-state index in [-0.39, 0.29) is 17.4 Å². The predicted octanol–water partition coefficient (Wildman–Crippen LogP) is 5.87. The van der Waals surface area contributed by atoms with Crippen LogP contribution in [0.3, 0.4) is 0 Å². The lowest BCUT2D eigenvalue weighted by Gasteiger charge is -2.26. The number of nitrogens with zero attached hydrogens (tertiary/aromatic N) is 3. The molecule has 4 rings (SSSR count). The van der Waals surface area contributed by atoms with E-state index >= 15 is 0 Å². The van der Waals surface area contributed by atoms with Crippen molar-refractivity contribution < 1.29 is 19.1 Å². The molecule has 2 aromatic carbocycles. The first-order chi connectivity index (χ1) is 18.5. The monoisotopic (exact) mass is 631 g/mol. The lowest BCUT2D eigenvalue weighted by atomic mass is 10.0. The molecule has 2 heterocycles. The average Bonchev–Trinajstić information content (AvgIpc) is 3.20. The minimum absolute atomic E-state index is 0.000356. The molecule has 0 fully saturated rings. The fourth-order valence-corrected chi connectivity index (χ4v) is 5.03. The van der Waals surface area contributed by atoms with Gasteiger partial charge in [-0.1, -0.05) is 41.4 Å². The number of carbonyl (C=O) groups is 3. The fourth-order valence-electron chi connectivity index (χ4n) is 4.05. The van der Waals surface area contributed by atoms with Crippen LogP contribution in [-0.2, 0) is 11.4 Å². The van der Waals surface area contributed by atoms with Crippen LogP contribution in [0.2, 0.25) is 10.0 Å². The number of ketones is 1. The van der Waals surface area contributed by atoms with Gasteiger partial charge in [-0.3, -0.25) is 14.0 Å². The highest BCUT2D eigenvalue weighted by atomic mass is 79.9. The molecule has 0 saturated heterocycles. The molecule has 0 bridgehead atoms. The van der Waals surface area contributed by atoms with Crippen molar-refractivity contribution in [3.8, 4) is 5.75 Å². The Kier molecular flexibility index (Phi) is 8.48. The van der Waals surface area contributed by atoms with Crippen LogP contribution in [0.15, 0.2) is 59.3 Å². The molecule has 9 nitrogen and oxygen atoms in total. The maximum atomic E-state index is 13.6. The smallest absolute Gasteiger partial charge is 0.313 e. The Bertz CT molecular complexity index is 1610. The number of amides is 3. The van der Waals surface area contributed by atoms with Gasteiger partial charge in [0.15, 0.2) is 17.2 Å². The van der Waals surface area contributed by atoms with E-state index in [1.807, 2.05) is 23.6 Å². The average molecular weight is 633 g/mol. The number of rotatable bonds is 8. The Morgan fingerprint density at radius 3 is 2.62 bits per heavy atom. The molecule has 39 heavy (non-hydrogen) atoms. The van der Waals surface area contributed by atoms with Gasteiger partial charge in [-0.25, -0.2) is 9.78 Å². The number of nitrogens with one attached hydrogen (secondary N) is 1. The number of carbonyl (C=O) groups excluding carboxylic acids is 3. The summed E-state index contributed by atoms with van der Waals surface area (Å²) >= 11 is 16.7. The molecule has 0 radical (unpaired) electrons. The van der Waals surface area contributed by atoms with Gasteiger partial charge in [0.05, 0.1) is 16.4 Å². The second-order valence-corrected chi connectivity index (χ2v) is 10.3. The number of aryl methyl sites for hydroxylation is 1. The summed E-state index contributed by atoms with van der Waals surface area (Å²) in [6.45, 7) is 3.29. The number of ether oxygens (including phenoxy) is 1. The Labute approximate surface area is 243 Å². The van der Waals surface area contributed by atoms with Crippen molar-refractivity contribution in [2.24, 2.45) is 5.73 Å². The Hall–Kier alpha value is -3.60. The molecular formula is C27H24BrCl2N5O4. The summed E-state index contributed by atoms with van der Waals surface area (Å²) in [5.74, 6) is -0.202. The normalized spacial score (nSPS) is 11.7. The zero-order chi connectivity index (χ0) is 28.4. The van der Waals surface area contributed by atoms with Gasteiger partial charge in [0.2, 0.25) is 0 Å². The molecule has 12 heteroatoms. The van der Waals surface area contributed by atoms with Crippen LogP contribution in [0.5, 0.6) is 5.75 Å². The highest BCUT2D eigenvalue weighted by Gasteiger charge is 2.28. The number of benzene rings is 2. The first-order valence-corrected chi connectivity index (χ1v) is 13.2. The van der Waals surface area contributed by atoms with Crippen LogP contribution in [0.1, 0.15) is 40.1 Å². The summed E-state index contributed by atoms with van der Waals surface area (Å²) in [7, 11) is 1.51. The minimum Gasteiger partial charge on any atom is -0.485 e. The molecule has 0 spiro atoms.